The van der Waals surface area contributed by atoms with Crippen LogP contribution < -0.4 is 65.9 Å². The number of aliphatic carboxylic acids is 1. The van der Waals surface area contributed by atoms with Crippen molar-refractivity contribution >= 4 is 92.7 Å². The van der Waals surface area contributed by atoms with Gasteiger partial charge in [0.05, 0.1) is 16.6 Å². The van der Waals surface area contributed by atoms with Gasteiger partial charge in [-0.3, -0.25) is 43.3 Å². The second kappa shape index (κ2) is 33.6. The standard InChI is InChI=1S/C49H78IN15O11/c1-3-4-5-16-33(43(70)62-35(48(75)76)18-11-22-56-49(54)55)61-44(71)36(24-29-26-57-32-15-7-6-13-30(29)32)63-45(72)37-19-12-23-65(37)47(74)34(17-10-21-52)60-39(67)27-58-41(68)28(2)59-46(73)40(38(66)25-53)64-42(69)31(50)14-8-9-20-51/h6-7,13,15,18,26,28,31,33-34,36-38,40,57,66H,3-5,8-12,14,16-17,19-25,27,51-53H2,1-2H3,(H,58,68)(H,59,73)(H,60,67)(H,61,71)(H,62,70)(H,63,72)(H,64,69)(H,75,76)(H4,54,55,56)/b35-18-/t28-,31-,33-,34?,36-,37-,38-,40-/m0/s1. The zero-order valence-electron chi connectivity index (χ0n) is 43.2. The highest BCUT2D eigenvalue weighted by molar-refractivity contribution is 14.1. The predicted octanol–water partition coefficient (Wildman–Crippen LogP) is -2.42. The SMILES string of the molecule is CCCCC[C@H](NC(=O)[C@H](Cc1c[nH]c2ccccc12)NC(=O)[C@@H]1CCCN1C(=O)C(CCCN)NC(=O)CNC(=O)[C@H](C)NC(=O)[C@@H](NC(=O)[C@@H](I)CCCCN)[C@@H](O)CN)C(=O)N/C(=C\CCN=C(N)N)C(=O)O. The molecule has 1 aliphatic rings. The summed E-state index contributed by atoms with van der Waals surface area (Å²) in [5.74, 6) is -7.45. The molecule has 1 fully saturated rings. The third-order valence-electron chi connectivity index (χ3n) is 12.5. The first-order chi connectivity index (χ1) is 36.3. The number of fused-ring (bicyclic) bond motifs is 1. The summed E-state index contributed by atoms with van der Waals surface area (Å²) >= 11 is 1.92. The van der Waals surface area contributed by atoms with Gasteiger partial charge in [0.2, 0.25) is 47.3 Å². The number of hydrogen-bond donors (Lipinski definition) is 15. The number of aromatic amines is 1. The Labute approximate surface area is 455 Å². The number of rotatable bonds is 34. The highest BCUT2D eigenvalue weighted by Gasteiger charge is 2.40. The molecule has 8 amide bonds. The van der Waals surface area contributed by atoms with Gasteiger partial charge < -0.3 is 86.0 Å². The monoisotopic (exact) mass is 1180 g/mol. The van der Waals surface area contributed by atoms with Crippen LogP contribution in [0.25, 0.3) is 10.9 Å². The van der Waals surface area contributed by atoms with Crippen LogP contribution in [0.3, 0.4) is 0 Å². The molecule has 422 valence electrons. The van der Waals surface area contributed by atoms with Crippen LogP contribution in [-0.4, -0.2) is 165 Å². The number of aliphatic imine (C=N–C) groups is 1. The molecular formula is C49H78IN15O11. The van der Waals surface area contributed by atoms with E-state index in [4.69, 9.17) is 28.7 Å². The van der Waals surface area contributed by atoms with Crippen molar-refractivity contribution in [1.82, 2.24) is 47.1 Å². The summed E-state index contributed by atoms with van der Waals surface area (Å²) in [5, 5.41) is 39.0. The van der Waals surface area contributed by atoms with Gasteiger partial charge in [-0.2, -0.15) is 0 Å². The smallest absolute Gasteiger partial charge is 0.352 e. The van der Waals surface area contributed by atoms with E-state index in [0.717, 1.165) is 17.3 Å². The zero-order valence-corrected chi connectivity index (χ0v) is 45.4. The van der Waals surface area contributed by atoms with Crippen molar-refractivity contribution in [3.8, 4) is 0 Å². The maximum absolute atomic E-state index is 14.4. The minimum Gasteiger partial charge on any atom is -0.477 e. The number of carbonyl (C=O) groups excluding carboxylic acids is 8. The molecule has 76 heavy (non-hydrogen) atoms. The third-order valence-corrected chi connectivity index (χ3v) is 13.7. The number of H-pyrrole nitrogens is 1. The zero-order chi connectivity index (χ0) is 56.3. The van der Waals surface area contributed by atoms with E-state index in [9.17, 15) is 53.4 Å². The minimum absolute atomic E-state index is 0.0540. The van der Waals surface area contributed by atoms with Gasteiger partial charge in [-0.1, -0.05) is 79.5 Å². The Bertz CT molecular complexity index is 2350. The van der Waals surface area contributed by atoms with E-state index in [-0.39, 0.29) is 70.7 Å². The van der Waals surface area contributed by atoms with E-state index in [1.165, 1.54) is 17.9 Å². The molecule has 2 heterocycles. The summed E-state index contributed by atoms with van der Waals surface area (Å²) in [5.41, 5.74) is 28.7. The lowest BCUT2D eigenvalue weighted by Crippen LogP contribution is -2.59. The van der Waals surface area contributed by atoms with Gasteiger partial charge >= 0.3 is 5.97 Å². The molecule has 1 aromatic carbocycles. The fraction of sp³-hybridized carbons (Fsp3) is 0.592. The average molecular weight is 1180 g/mol. The summed E-state index contributed by atoms with van der Waals surface area (Å²) < 4.78 is -0.532. The average Bonchev–Trinajstić information content (AvgIpc) is 4.06. The number of nitrogens with one attached hydrogen (secondary N) is 8. The summed E-state index contributed by atoms with van der Waals surface area (Å²) in [6.45, 7) is 3.06. The van der Waals surface area contributed by atoms with E-state index < -0.39 is 112 Å². The van der Waals surface area contributed by atoms with Crippen molar-refractivity contribution in [1.29, 1.82) is 0 Å². The number of aliphatic hydroxyl groups excluding tert-OH is 1. The Balaban J connectivity index is 1.78. The van der Waals surface area contributed by atoms with Crippen molar-refractivity contribution in [2.75, 3.05) is 39.3 Å². The Hall–Kier alpha value is -6.43. The molecule has 1 aliphatic heterocycles. The Morgan fingerprint density at radius 1 is 0.829 bits per heavy atom. The normalized spacial score (nSPS) is 16.2. The van der Waals surface area contributed by atoms with Gasteiger partial charge in [0.15, 0.2) is 5.96 Å². The quantitative estimate of drug-likeness (QED) is 0.00866. The molecular weight excluding hydrogens is 1100 g/mol. The highest BCUT2D eigenvalue weighted by atomic mass is 127. The molecule has 26 nitrogen and oxygen atoms in total. The largest absolute Gasteiger partial charge is 0.477 e. The van der Waals surface area contributed by atoms with E-state index in [1.54, 1.807) is 6.20 Å². The van der Waals surface area contributed by atoms with Gasteiger partial charge in [-0.05, 0) is 83.0 Å². The van der Waals surface area contributed by atoms with Crippen LogP contribution in [0.4, 0.5) is 0 Å². The van der Waals surface area contributed by atoms with Crippen molar-refractivity contribution in [2.24, 2.45) is 33.7 Å². The molecule has 2 aromatic rings. The molecule has 27 heteroatoms. The highest BCUT2D eigenvalue weighted by Crippen LogP contribution is 2.23. The van der Waals surface area contributed by atoms with Gasteiger partial charge in [0.25, 0.3) is 0 Å². The van der Waals surface area contributed by atoms with E-state index >= 15 is 0 Å². The number of carboxylic acids is 1. The van der Waals surface area contributed by atoms with E-state index in [2.05, 4.69) is 47.2 Å². The summed E-state index contributed by atoms with van der Waals surface area (Å²) in [6, 6.07) is -0.238. The third kappa shape index (κ3) is 20.9. The van der Waals surface area contributed by atoms with Crippen LogP contribution in [0.5, 0.6) is 0 Å². The summed E-state index contributed by atoms with van der Waals surface area (Å²) in [7, 11) is 0. The van der Waals surface area contributed by atoms with E-state index in [0.29, 0.717) is 50.6 Å². The number of nitrogens with two attached hydrogens (primary N) is 5. The predicted molar refractivity (Wildman–Crippen MR) is 292 cm³/mol. The first-order valence-corrected chi connectivity index (χ1v) is 26.9. The first-order valence-electron chi connectivity index (χ1n) is 25.6. The molecule has 1 saturated heterocycles. The fourth-order valence-electron chi connectivity index (χ4n) is 8.28. The molecule has 0 bridgehead atoms. The number of likely N-dealkylation sites (tertiary alicyclic amines) is 1. The fourth-order valence-corrected chi connectivity index (χ4v) is 8.90. The lowest BCUT2D eigenvalue weighted by Gasteiger charge is -2.30. The van der Waals surface area contributed by atoms with Crippen molar-refractivity contribution in [2.45, 2.75) is 144 Å². The van der Waals surface area contributed by atoms with Crippen molar-refractivity contribution in [3.63, 3.8) is 0 Å². The van der Waals surface area contributed by atoms with Crippen LogP contribution in [0.2, 0.25) is 0 Å². The number of aromatic nitrogens is 1. The lowest BCUT2D eigenvalue weighted by atomic mass is 10.0. The summed E-state index contributed by atoms with van der Waals surface area (Å²) in [6.07, 6.45) is 6.40. The topological polar surface area (TPSA) is 440 Å². The molecule has 0 aliphatic carbocycles. The molecule has 20 N–H and O–H groups in total. The molecule has 1 aromatic heterocycles. The molecule has 3 rings (SSSR count). The van der Waals surface area contributed by atoms with Gasteiger partial charge in [0.1, 0.15) is 41.9 Å². The molecule has 8 atom stereocenters. The second-order valence-corrected chi connectivity index (χ2v) is 19.9. The number of aliphatic hydroxyl groups is 1. The Morgan fingerprint density at radius 2 is 1.53 bits per heavy atom. The number of para-hydroxylation sites is 1. The van der Waals surface area contributed by atoms with Crippen LogP contribution in [0.15, 0.2) is 47.2 Å². The van der Waals surface area contributed by atoms with Gasteiger partial charge in [-0.15, -0.1) is 0 Å². The van der Waals surface area contributed by atoms with Crippen LogP contribution in [0.1, 0.15) is 96.5 Å². The maximum atomic E-state index is 14.4. The molecule has 1 unspecified atom stereocenters. The number of amides is 8. The lowest BCUT2D eigenvalue weighted by molar-refractivity contribution is -0.142. The number of carbonyl (C=O) groups is 9. The number of hydrogen-bond acceptors (Lipinski definition) is 14. The number of benzene rings is 1. The van der Waals surface area contributed by atoms with Gasteiger partial charge in [0, 0.05) is 43.2 Å². The van der Waals surface area contributed by atoms with Crippen LogP contribution in [-0.2, 0) is 49.6 Å². The van der Waals surface area contributed by atoms with Crippen molar-refractivity contribution < 1.29 is 53.4 Å². The minimum atomic E-state index is -1.49. The first kappa shape index (κ1) is 63.9. The second-order valence-electron chi connectivity index (χ2n) is 18.4. The van der Waals surface area contributed by atoms with Crippen LogP contribution in [0, 0.1) is 0 Å². The number of nitrogens with zero attached hydrogens (tertiary/aromatic N) is 2. The number of carboxylic acid groups (broad SMARTS) is 1. The number of alkyl halides is 1. The Morgan fingerprint density at radius 3 is 2.20 bits per heavy atom. The molecule has 0 radical (unpaired) electrons. The van der Waals surface area contributed by atoms with Crippen LogP contribution >= 0.6 is 22.6 Å². The molecule has 0 spiro atoms. The Kier molecular flexibility index (Phi) is 28.2. The number of unbranched alkanes of at least 4 members (excludes halogenated alkanes) is 3. The molecule has 0 saturated carbocycles. The van der Waals surface area contributed by atoms with E-state index in [1.807, 2.05) is 53.8 Å². The number of halogens is 1. The van der Waals surface area contributed by atoms with Gasteiger partial charge in [-0.25, -0.2) is 4.79 Å². The summed E-state index contributed by atoms with van der Waals surface area (Å²) in [4.78, 5) is 130. The maximum Gasteiger partial charge on any atom is 0.352 e. The van der Waals surface area contributed by atoms with Crippen molar-refractivity contribution in [3.05, 3.63) is 47.8 Å². The number of guanidine groups is 1.